The van der Waals surface area contributed by atoms with Gasteiger partial charge in [0.25, 0.3) is 0 Å². The number of nitrogens with one attached hydrogen (secondary N) is 3. The number of urea groups is 1. The van der Waals surface area contributed by atoms with Crippen molar-refractivity contribution in [3.05, 3.63) is 48.4 Å². The second-order valence-electron chi connectivity index (χ2n) is 5.84. The third-order valence-electron chi connectivity index (χ3n) is 3.38. The molecule has 1 heterocycles. The molecule has 0 radical (unpaired) electrons. The molecule has 7 nitrogen and oxygen atoms in total. The topological polar surface area (TPSA) is 88.2 Å². The zero-order valence-electron chi connectivity index (χ0n) is 14.8. The molecule has 1 aromatic carbocycles. The molecule has 0 bridgehead atoms. The highest BCUT2D eigenvalue weighted by molar-refractivity contribution is 5.74. The van der Waals surface area contributed by atoms with Gasteiger partial charge in [-0.15, -0.1) is 0 Å². The Kier molecular flexibility index (Phi) is 7.00. The zero-order chi connectivity index (χ0) is 18.1. The van der Waals surface area contributed by atoms with E-state index in [0.717, 1.165) is 11.3 Å². The molecule has 2 aromatic rings. The first kappa shape index (κ1) is 18.5. The molecular weight excluding hydrogens is 318 g/mol. The minimum atomic E-state index is -0.229. The molecule has 25 heavy (non-hydrogen) atoms. The van der Waals surface area contributed by atoms with Crippen molar-refractivity contribution in [2.45, 2.75) is 32.9 Å². The molecule has 0 spiro atoms. The lowest BCUT2D eigenvalue weighted by Gasteiger charge is -2.20. The van der Waals surface area contributed by atoms with Gasteiger partial charge >= 0.3 is 6.03 Å². The first-order valence-corrected chi connectivity index (χ1v) is 8.36. The Labute approximate surface area is 148 Å². The lowest BCUT2D eigenvalue weighted by atomic mass is 10.1. The van der Waals surface area contributed by atoms with Gasteiger partial charge in [-0.25, -0.2) is 9.78 Å². The number of anilines is 1. The maximum absolute atomic E-state index is 12.1. The Morgan fingerprint density at radius 1 is 1.16 bits per heavy atom. The number of hydrogen-bond acceptors (Lipinski definition) is 5. The van der Waals surface area contributed by atoms with E-state index in [1.807, 2.05) is 45.0 Å². The van der Waals surface area contributed by atoms with Gasteiger partial charge in [-0.3, -0.25) is 4.98 Å². The Hall–Kier alpha value is -2.83. The molecular formula is C18H25N5O2. The highest BCUT2D eigenvalue weighted by Crippen LogP contribution is 2.25. The van der Waals surface area contributed by atoms with Crippen LogP contribution in [0.3, 0.4) is 0 Å². The molecule has 0 aliphatic carbocycles. The lowest BCUT2D eigenvalue weighted by molar-refractivity contribution is 0.232. The van der Waals surface area contributed by atoms with Gasteiger partial charge in [-0.2, -0.15) is 0 Å². The summed E-state index contributed by atoms with van der Waals surface area (Å²) in [4.78, 5) is 20.1. The largest absolute Gasteiger partial charge is 0.491 e. The molecule has 0 saturated carbocycles. The number of amides is 2. The van der Waals surface area contributed by atoms with Crippen LogP contribution in [0.2, 0.25) is 0 Å². The van der Waals surface area contributed by atoms with Gasteiger partial charge in [0, 0.05) is 31.0 Å². The molecule has 0 fully saturated rings. The molecule has 1 unspecified atom stereocenters. The predicted octanol–water partition coefficient (Wildman–Crippen LogP) is 2.74. The lowest BCUT2D eigenvalue weighted by Crippen LogP contribution is -2.39. The number of benzene rings is 1. The molecule has 1 aromatic heterocycles. The van der Waals surface area contributed by atoms with Crippen LogP contribution in [0.5, 0.6) is 5.75 Å². The van der Waals surface area contributed by atoms with Crippen LogP contribution < -0.4 is 20.7 Å². The molecule has 134 valence electrons. The first-order chi connectivity index (χ1) is 12.1. The summed E-state index contributed by atoms with van der Waals surface area (Å²) in [5.41, 5.74) is 0.948. The maximum atomic E-state index is 12.1. The second-order valence-corrected chi connectivity index (χ2v) is 5.84. The summed E-state index contributed by atoms with van der Waals surface area (Å²) in [7, 11) is 0. The number of carbonyl (C=O) groups is 1. The van der Waals surface area contributed by atoms with Crippen LogP contribution in [0.25, 0.3) is 0 Å². The summed E-state index contributed by atoms with van der Waals surface area (Å²) < 4.78 is 5.80. The van der Waals surface area contributed by atoms with E-state index in [9.17, 15) is 4.79 Å². The van der Waals surface area contributed by atoms with Crippen molar-refractivity contribution in [2.24, 2.45) is 0 Å². The van der Waals surface area contributed by atoms with Gasteiger partial charge in [0.1, 0.15) is 11.6 Å². The Morgan fingerprint density at radius 2 is 1.96 bits per heavy atom. The van der Waals surface area contributed by atoms with Gasteiger partial charge in [0.05, 0.1) is 18.3 Å². The van der Waals surface area contributed by atoms with Crippen LogP contribution in [0.1, 0.15) is 32.4 Å². The maximum Gasteiger partial charge on any atom is 0.315 e. The van der Waals surface area contributed by atoms with Crippen molar-refractivity contribution >= 4 is 11.8 Å². The van der Waals surface area contributed by atoms with Crippen molar-refractivity contribution < 1.29 is 9.53 Å². The highest BCUT2D eigenvalue weighted by atomic mass is 16.5. The van der Waals surface area contributed by atoms with Gasteiger partial charge in [-0.1, -0.05) is 18.2 Å². The Bertz CT molecular complexity index is 664. The van der Waals surface area contributed by atoms with Crippen LogP contribution in [-0.2, 0) is 0 Å². The monoisotopic (exact) mass is 343 g/mol. The van der Waals surface area contributed by atoms with E-state index in [1.54, 1.807) is 18.6 Å². The number of hydrogen-bond donors (Lipinski definition) is 3. The minimum Gasteiger partial charge on any atom is -0.491 e. The van der Waals surface area contributed by atoms with E-state index in [-0.39, 0.29) is 18.2 Å². The number of para-hydroxylation sites is 1. The fourth-order valence-corrected chi connectivity index (χ4v) is 2.28. The standard InChI is InChI=1S/C18H25N5O2/c1-13(2)25-16-7-5-4-6-15(16)14(3)23-18(24)22-11-10-21-17-12-19-8-9-20-17/h4-9,12-14H,10-11H2,1-3H3,(H,20,21)(H2,22,23,24). The third kappa shape index (κ3) is 6.29. The molecule has 1 atom stereocenters. The number of carbonyl (C=O) groups excluding carboxylic acids is 1. The van der Waals surface area contributed by atoms with E-state index >= 15 is 0 Å². The summed E-state index contributed by atoms with van der Waals surface area (Å²) in [5.74, 6) is 1.47. The fraction of sp³-hybridized carbons (Fsp3) is 0.389. The van der Waals surface area contributed by atoms with Gasteiger partial charge < -0.3 is 20.7 Å². The van der Waals surface area contributed by atoms with Crippen LogP contribution >= 0.6 is 0 Å². The third-order valence-corrected chi connectivity index (χ3v) is 3.38. The SMILES string of the molecule is CC(C)Oc1ccccc1C(C)NC(=O)NCCNc1cnccn1. The quantitative estimate of drug-likeness (QED) is 0.642. The van der Waals surface area contributed by atoms with Crippen molar-refractivity contribution in [1.29, 1.82) is 0 Å². The van der Waals surface area contributed by atoms with E-state index < -0.39 is 0 Å². The summed E-state index contributed by atoms with van der Waals surface area (Å²) in [6, 6.07) is 7.33. The average Bonchev–Trinajstić information content (AvgIpc) is 2.59. The average molecular weight is 343 g/mol. The fourth-order valence-electron chi connectivity index (χ4n) is 2.28. The first-order valence-electron chi connectivity index (χ1n) is 8.36. The van der Waals surface area contributed by atoms with Crippen molar-refractivity contribution in [2.75, 3.05) is 18.4 Å². The molecule has 0 aliphatic rings. The van der Waals surface area contributed by atoms with Gasteiger partial charge in [0.15, 0.2) is 0 Å². The number of aromatic nitrogens is 2. The summed E-state index contributed by atoms with van der Waals surface area (Å²) >= 11 is 0. The van der Waals surface area contributed by atoms with Crippen LogP contribution in [0, 0.1) is 0 Å². The highest BCUT2D eigenvalue weighted by Gasteiger charge is 2.14. The number of rotatable bonds is 8. The van der Waals surface area contributed by atoms with Crippen LogP contribution in [-0.4, -0.2) is 35.2 Å². The molecule has 7 heteroatoms. The van der Waals surface area contributed by atoms with E-state index in [0.29, 0.717) is 18.9 Å². The molecule has 2 amide bonds. The molecule has 0 aliphatic heterocycles. The molecule has 3 N–H and O–H groups in total. The second kappa shape index (κ2) is 9.46. The summed E-state index contributed by atoms with van der Waals surface area (Å²) in [6.07, 6.45) is 4.93. The van der Waals surface area contributed by atoms with Crippen LogP contribution in [0.4, 0.5) is 10.6 Å². The van der Waals surface area contributed by atoms with Crippen LogP contribution in [0.15, 0.2) is 42.9 Å². The van der Waals surface area contributed by atoms with E-state index in [2.05, 4.69) is 25.9 Å². The Morgan fingerprint density at radius 3 is 2.68 bits per heavy atom. The summed E-state index contributed by atoms with van der Waals surface area (Å²) in [6.45, 7) is 6.92. The normalized spacial score (nSPS) is 11.7. The smallest absolute Gasteiger partial charge is 0.315 e. The predicted molar refractivity (Wildman–Crippen MR) is 97.7 cm³/mol. The van der Waals surface area contributed by atoms with Crippen molar-refractivity contribution in [3.63, 3.8) is 0 Å². The number of nitrogens with zero attached hydrogens (tertiary/aromatic N) is 2. The van der Waals surface area contributed by atoms with Gasteiger partial charge in [-0.05, 0) is 26.8 Å². The molecule has 2 rings (SSSR count). The minimum absolute atomic E-state index is 0.0781. The zero-order valence-corrected chi connectivity index (χ0v) is 14.8. The van der Waals surface area contributed by atoms with E-state index in [4.69, 9.17) is 4.74 Å². The van der Waals surface area contributed by atoms with Gasteiger partial charge in [0.2, 0.25) is 0 Å². The van der Waals surface area contributed by atoms with Crippen molar-refractivity contribution in [1.82, 2.24) is 20.6 Å². The molecule has 0 saturated heterocycles. The number of ether oxygens (including phenoxy) is 1. The Balaban J connectivity index is 1.78. The summed E-state index contributed by atoms with van der Waals surface area (Å²) in [5, 5.41) is 8.81. The van der Waals surface area contributed by atoms with E-state index in [1.165, 1.54) is 0 Å². The van der Waals surface area contributed by atoms with Crippen molar-refractivity contribution in [3.8, 4) is 5.75 Å².